The van der Waals surface area contributed by atoms with Crippen LogP contribution in [0.1, 0.15) is 22.5 Å². The summed E-state index contributed by atoms with van der Waals surface area (Å²) in [6.07, 6.45) is 3.62. The van der Waals surface area contributed by atoms with E-state index in [9.17, 15) is 4.79 Å². The molecule has 0 aliphatic carbocycles. The molecule has 0 saturated carbocycles. The van der Waals surface area contributed by atoms with Crippen molar-refractivity contribution in [3.8, 4) is 0 Å². The molecular weight excluding hydrogens is 288 g/mol. The molecule has 1 amide bonds. The Morgan fingerprint density at radius 2 is 2.26 bits per heavy atom. The maximum atomic E-state index is 12.0. The lowest BCUT2D eigenvalue weighted by Gasteiger charge is -2.11. The molecule has 3 rings (SSSR count). The van der Waals surface area contributed by atoms with Crippen LogP contribution in [0.15, 0.2) is 6.33 Å². The fourth-order valence-corrected chi connectivity index (χ4v) is 3.14. The Morgan fingerprint density at radius 3 is 2.95 bits per heavy atom. The van der Waals surface area contributed by atoms with E-state index in [1.54, 1.807) is 0 Å². The maximum absolute atomic E-state index is 12.0. The number of aromatic amines is 1. The van der Waals surface area contributed by atoms with Gasteiger partial charge in [0.25, 0.3) is 5.91 Å². The van der Waals surface area contributed by atoms with Gasteiger partial charge in [0.15, 0.2) is 10.3 Å². The fourth-order valence-electron chi connectivity index (χ4n) is 1.90. The van der Waals surface area contributed by atoms with Gasteiger partial charge in [0.1, 0.15) is 11.2 Å². The van der Waals surface area contributed by atoms with E-state index in [-0.39, 0.29) is 17.0 Å². The molecule has 0 bridgehead atoms. The Balaban J connectivity index is 1.78. The van der Waals surface area contributed by atoms with Gasteiger partial charge in [-0.15, -0.1) is 0 Å². The van der Waals surface area contributed by atoms with E-state index >= 15 is 0 Å². The number of halogens is 1. The third-order valence-corrected chi connectivity index (χ3v) is 4.30. The van der Waals surface area contributed by atoms with Crippen LogP contribution < -0.4 is 10.2 Å². The molecule has 1 saturated heterocycles. The topological polar surface area (TPSA) is 86.8 Å². The molecule has 0 radical (unpaired) electrons. The van der Waals surface area contributed by atoms with Gasteiger partial charge in [0, 0.05) is 13.1 Å². The van der Waals surface area contributed by atoms with Crippen LogP contribution in [0.4, 0.5) is 11.1 Å². The number of rotatable bonds is 3. The maximum Gasteiger partial charge on any atom is 0.271 e. The van der Waals surface area contributed by atoms with Crippen LogP contribution >= 0.6 is 22.9 Å². The molecule has 100 valence electrons. The van der Waals surface area contributed by atoms with Crippen LogP contribution in [-0.4, -0.2) is 39.2 Å². The first-order chi connectivity index (χ1) is 9.24. The number of carbonyl (C=O) groups is 1. The summed E-state index contributed by atoms with van der Waals surface area (Å²) >= 11 is 7.32. The van der Waals surface area contributed by atoms with Crippen molar-refractivity contribution >= 4 is 39.9 Å². The van der Waals surface area contributed by atoms with E-state index in [4.69, 9.17) is 11.6 Å². The SMILES string of the molecule is O=C(Nc1ncn[nH]1)c1sc(N2CCCC2)nc1Cl. The highest BCUT2D eigenvalue weighted by Crippen LogP contribution is 2.31. The lowest BCUT2D eigenvalue weighted by molar-refractivity contribution is 0.102. The van der Waals surface area contributed by atoms with Crippen LogP contribution in [-0.2, 0) is 0 Å². The van der Waals surface area contributed by atoms with E-state index < -0.39 is 0 Å². The second-order valence-corrected chi connectivity index (χ2v) is 5.43. The molecule has 2 aromatic heterocycles. The number of aromatic nitrogens is 4. The highest BCUT2D eigenvalue weighted by Gasteiger charge is 2.22. The van der Waals surface area contributed by atoms with Crippen molar-refractivity contribution in [2.24, 2.45) is 0 Å². The summed E-state index contributed by atoms with van der Waals surface area (Å²) in [5.74, 6) is -0.0399. The van der Waals surface area contributed by atoms with Crippen LogP contribution in [0.25, 0.3) is 0 Å². The van der Waals surface area contributed by atoms with Crippen LogP contribution in [0.5, 0.6) is 0 Å². The molecular formula is C10H11ClN6OS. The number of H-pyrrole nitrogens is 1. The van der Waals surface area contributed by atoms with Gasteiger partial charge in [0.05, 0.1) is 0 Å². The first-order valence-corrected chi connectivity index (χ1v) is 7.01. The summed E-state index contributed by atoms with van der Waals surface area (Å²) in [4.78, 5) is 22.6. The molecule has 0 unspecified atom stereocenters. The molecule has 1 aliphatic heterocycles. The normalized spacial score (nSPS) is 14.9. The van der Waals surface area contributed by atoms with Crippen LogP contribution in [0.3, 0.4) is 0 Å². The standard InChI is InChI=1S/C10H11ClN6OS/c11-7-6(8(18)15-9-12-5-13-16-9)19-10(14-7)17-3-1-2-4-17/h5H,1-4H2,(H2,12,13,15,16,18). The monoisotopic (exact) mass is 298 g/mol. The number of carbonyl (C=O) groups excluding carboxylic acids is 1. The number of amides is 1. The third kappa shape index (κ3) is 2.54. The minimum Gasteiger partial charge on any atom is -0.348 e. The number of nitrogens with zero attached hydrogens (tertiary/aromatic N) is 4. The Hall–Kier alpha value is -1.67. The molecule has 0 atom stereocenters. The highest BCUT2D eigenvalue weighted by molar-refractivity contribution is 7.18. The minimum absolute atomic E-state index is 0.226. The zero-order valence-electron chi connectivity index (χ0n) is 9.89. The summed E-state index contributed by atoms with van der Waals surface area (Å²) in [6, 6.07) is 0. The average molecular weight is 299 g/mol. The average Bonchev–Trinajstić information content (AvgIpc) is 3.07. The predicted octanol–water partition coefficient (Wildman–Crippen LogP) is 1.77. The van der Waals surface area contributed by atoms with Gasteiger partial charge in [-0.3, -0.25) is 10.1 Å². The van der Waals surface area contributed by atoms with Gasteiger partial charge in [-0.05, 0) is 12.8 Å². The summed E-state index contributed by atoms with van der Waals surface area (Å²) < 4.78 is 0. The molecule has 1 fully saturated rings. The Kier molecular flexibility index (Phi) is 3.34. The molecule has 9 heteroatoms. The summed E-state index contributed by atoms with van der Waals surface area (Å²) in [7, 11) is 0. The lowest BCUT2D eigenvalue weighted by Crippen LogP contribution is -2.17. The van der Waals surface area contributed by atoms with E-state index in [1.165, 1.54) is 17.7 Å². The second kappa shape index (κ2) is 5.14. The van der Waals surface area contributed by atoms with E-state index in [0.29, 0.717) is 4.88 Å². The first-order valence-electron chi connectivity index (χ1n) is 5.82. The van der Waals surface area contributed by atoms with Gasteiger partial charge in [-0.2, -0.15) is 10.1 Å². The van der Waals surface area contributed by atoms with E-state index in [2.05, 4.69) is 30.4 Å². The fraction of sp³-hybridized carbons (Fsp3) is 0.400. The van der Waals surface area contributed by atoms with Crippen molar-refractivity contribution in [3.63, 3.8) is 0 Å². The molecule has 2 aromatic rings. The molecule has 1 aliphatic rings. The number of hydrogen-bond acceptors (Lipinski definition) is 6. The number of hydrogen-bond donors (Lipinski definition) is 2. The molecule has 2 N–H and O–H groups in total. The number of anilines is 2. The van der Waals surface area contributed by atoms with Crippen LogP contribution in [0, 0.1) is 0 Å². The quantitative estimate of drug-likeness (QED) is 0.902. The molecule has 0 aromatic carbocycles. The Labute approximate surface area is 118 Å². The molecule has 0 spiro atoms. The summed E-state index contributed by atoms with van der Waals surface area (Å²) in [6.45, 7) is 1.93. The van der Waals surface area contributed by atoms with Crippen molar-refractivity contribution in [3.05, 3.63) is 16.4 Å². The van der Waals surface area contributed by atoms with Crippen molar-refractivity contribution in [1.82, 2.24) is 20.2 Å². The van der Waals surface area contributed by atoms with Crippen molar-refractivity contribution in [1.29, 1.82) is 0 Å². The van der Waals surface area contributed by atoms with Gasteiger partial charge in [-0.25, -0.2) is 10.1 Å². The van der Waals surface area contributed by atoms with Gasteiger partial charge >= 0.3 is 0 Å². The minimum atomic E-state index is -0.329. The Morgan fingerprint density at radius 1 is 1.47 bits per heavy atom. The molecule has 7 nitrogen and oxygen atoms in total. The number of thiazole rings is 1. The van der Waals surface area contributed by atoms with Crippen LogP contribution in [0.2, 0.25) is 5.15 Å². The zero-order valence-corrected chi connectivity index (χ0v) is 11.5. The highest BCUT2D eigenvalue weighted by atomic mass is 35.5. The first kappa shape index (κ1) is 12.4. The van der Waals surface area contributed by atoms with Gasteiger partial charge in [-0.1, -0.05) is 22.9 Å². The second-order valence-electron chi connectivity index (χ2n) is 4.10. The van der Waals surface area contributed by atoms with Gasteiger partial charge < -0.3 is 4.90 Å². The number of nitrogens with one attached hydrogen (secondary N) is 2. The zero-order chi connectivity index (χ0) is 13.2. The largest absolute Gasteiger partial charge is 0.348 e. The molecule has 19 heavy (non-hydrogen) atoms. The molecule has 3 heterocycles. The predicted molar refractivity (Wildman–Crippen MR) is 72.9 cm³/mol. The summed E-state index contributed by atoms with van der Waals surface area (Å²) in [5, 5.41) is 9.82. The lowest BCUT2D eigenvalue weighted by atomic mass is 10.4. The van der Waals surface area contributed by atoms with Crippen molar-refractivity contribution in [2.45, 2.75) is 12.8 Å². The van der Waals surface area contributed by atoms with E-state index in [0.717, 1.165) is 31.1 Å². The van der Waals surface area contributed by atoms with Crippen molar-refractivity contribution < 1.29 is 4.79 Å². The van der Waals surface area contributed by atoms with E-state index in [1.807, 2.05) is 0 Å². The van der Waals surface area contributed by atoms with Crippen molar-refractivity contribution in [2.75, 3.05) is 23.3 Å². The smallest absolute Gasteiger partial charge is 0.271 e. The Bertz CT molecular complexity index is 577. The summed E-state index contributed by atoms with van der Waals surface area (Å²) in [5.41, 5.74) is 0. The third-order valence-electron chi connectivity index (χ3n) is 2.80. The van der Waals surface area contributed by atoms with Gasteiger partial charge in [0.2, 0.25) is 5.95 Å².